The normalized spacial score (nSPS) is 20.9. The number of sulfonamides is 1. The fraction of sp³-hybridized carbons (Fsp3) is 0.630. The number of hydrogen-bond acceptors (Lipinski definition) is 9. The lowest BCUT2D eigenvalue weighted by Gasteiger charge is -2.19. The Kier molecular flexibility index (Phi) is 6.86. The SMILES string of the molecule is CCS(=O)(=O)N1CCC(CCNc2nc3cnc(-c4c(C)ncnc4C4CC4)nc3n([C@@H](C)C3CC3)c2=O)C1. The summed E-state index contributed by atoms with van der Waals surface area (Å²) in [6.07, 6.45) is 9.28. The monoisotopic (exact) mass is 552 g/mol. The quantitative estimate of drug-likeness (QED) is 0.402. The number of nitrogens with zero attached hydrogens (tertiary/aromatic N) is 7. The number of aromatic nitrogens is 6. The molecule has 4 heterocycles. The Bertz CT molecular complexity index is 1570. The van der Waals surface area contributed by atoms with Crippen LogP contribution in [-0.2, 0) is 10.0 Å². The van der Waals surface area contributed by atoms with E-state index in [4.69, 9.17) is 4.98 Å². The fourth-order valence-electron chi connectivity index (χ4n) is 5.70. The molecule has 3 aromatic heterocycles. The van der Waals surface area contributed by atoms with Crippen LogP contribution in [0.2, 0.25) is 0 Å². The molecule has 2 saturated carbocycles. The molecule has 1 unspecified atom stereocenters. The first-order chi connectivity index (χ1) is 18.8. The van der Waals surface area contributed by atoms with Gasteiger partial charge in [-0.25, -0.2) is 37.6 Å². The van der Waals surface area contributed by atoms with Crippen molar-refractivity contribution in [3.8, 4) is 11.4 Å². The molecule has 2 aliphatic carbocycles. The maximum absolute atomic E-state index is 13.8. The molecule has 11 nitrogen and oxygen atoms in total. The molecule has 6 rings (SSSR count). The third kappa shape index (κ3) is 5.16. The van der Waals surface area contributed by atoms with Crippen LogP contribution in [0.5, 0.6) is 0 Å². The maximum Gasteiger partial charge on any atom is 0.295 e. The van der Waals surface area contributed by atoms with Crippen molar-refractivity contribution in [2.45, 2.75) is 71.3 Å². The minimum Gasteiger partial charge on any atom is -0.365 e. The van der Waals surface area contributed by atoms with Gasteiger partial charge in [-0.15, -0.1) is 0 Å². The highest BCUT2D eigenvalue weighted by atomic mass is 32.2. The molecule has 0 amide bonds. The Hall–Kier alpha value is -2.99. The van der Waals surface area contributed by atoms with Crippen molar-refractivity contribution in [2.24, 2.45) is 11.8 Å². The van der Waals surface area contributed by atoms with Crippen LogP contribution < -0.4 is 10.9 Å². The fourth-order valence-corrected chi connectivity index (χ4v) is 6.89. The largest absolute Gasteiger partial charge is 0.365 e. The van der Waals surface area contributed by atoms with E-state index in [1.165, 1.54) is 0 Å². The molecular weight excluding hydrogens is 516 g/mol. The lowest BCUT2D eigenvalue weighted by Crippen LogP contribution is -2.31. The van der Waals surface area contributed by atoms with E-state index >= 15 is 0 Å². The Labute approximate surface area is 228 Å². The van der Waals surface area contributed by atoms with Crippen molar-refractivity contribution < 1.29 is 8.42 Å². The summed E-state index contributed by atoms with van der Waals surface area (Å²) in [5.41, 5.74) is 3.59. The number of anilines is 1. The molecule has 3 fully saturated rings. The van der Waals surface area contributed by atoms with Crippen LogP contribution in [0.1, 0.15) is 75.7 Å². The lowest BCUT2D eigenvalue weighted by atomic mass is 10.1. The molecule has 0 aromatic carbocycles. The van der Waals surface area contributed by atoms with E-state index in [9.17, 15) is 13.2 Å². The van der Waals surface area contributed by atoms with Crippen molar-refractivity contribution in [1.29, 1.82) is 0 Å². The Balaban J connectivity index is 1.30. The molecule has 2 atom stereocenters. The van der Waals surface area contributed by atoms with Crippen LogP contribution in [-0.4, -0.2) is 67.6 Å². The first-order valence-corrected chi connectivity index (χ1v) is 15.7. The molecular formula is C27H36N8O3S. The molecule has 0 spiro atoms. The first-order valence-electron chi connectivity index (χ1n) is 14.1. The van der Waals surface area contributed by atoms with Crippen molar-refractivity contribution in [3.63, 3.8) is 0 Å². The van der Waals surface area contributed by atoms with Crippen molar-refractivity contribution >= 4 is 27.0 Å². The molecule has 0 radical (unpaired) electrons. The summed E-state index contributed by atoms with van der Waals surface area (Å²) in [6, 6.07) is -0.00929. The lowest BCUT2D eigenvalue weighted by molar-refractivity contribution is 0.451. The third-order valence-electron chi connectivity index (χ3n) is 8.45. The third-order valence-corrected chi connectivity index (χ3v) is 10.3. The number of fused-ring (bicyclic) bond motifs is 1. The molecule has 12 heteroatoms. The predicted octanol–water partition coefficient (Wildman–Crippen LogP) is 3.27. The van der Waals surface area contributed by atoms with E-state index in [2.05, 4.69) is 32.2 Å². The molecule has 39 heavy (non-hydrogen) atoms. The van der Waals surface area contributed by atoms with Crippen molar-refractivity contribution in [1.82, 2.24) is 33.8 Å². The molecule has 1 saturated heterocycles. The van der Waals surface area contributed by atoms with Crippen LogP contribution in [0.3, 0.4) is 0 Å². The van der Waals surface area contributed by atoms with E-state index in [0.29, 0.717) is 54.3 Å². The average Bonchev–Trinajstić information content (AvgIpc) is 3.86. The van der Waals surface area contributed by atoms with Crippen LogP contribution >= 0.6 is 0 Å². The molecule has 3 aromatic rings. The number of nitrogens with one attached hydrogen (secondary N) is 1. The van der Waals surface area contributed by atoms with Crippen LogP contribution in [0, 0.1) is 18.8 Å². The predicted molar refractivity (Wildman–Crippen MR) is 149 cm³/mol. The van der Waals surface area contributed by atoms with Gasteiger partial charge in [0.25, 0.3) is 5.56 Å². The summed E-state index contributed by atoms with van der Waals surface area (Å²) < 4.78 is 27.8. The van der Waals surface area contributed by atoms with Gasteiger partial charge in [0.15, 0.2) is 17.3 Å². The smallest absolute Gasteiger partial charge is 0.295 e. The maximum atomic E-state index is 13.8. The van der Waals surface area contributed by atoms with E-state index in [1.54, 1.807) is 28.3 Å². The Morgan fingerprint density at radius 2 is 1.90 bits per heavy atom. The molecule has 208 valence electrons. The summed E-state index contributed by atoms with van der Waals surface area (Å²) in [4.78, 5) is 37.0. The zero-order valence-corrected chi connectivity index (χ0v) is 23.6. The Morgan fingerprint density at radius 1 is 1.10 bits per heavy atom. The molecule has 3 aliphatic rings. The van der Waals surface area contributed by atoms with Gasteiger partial charge in [0.1, 0.15) is 11.8 Å². The minimum absolute atomic E-state index is 0.00929. The highest BCUT2D eigenvalue weighted by Crippen LogP contribution is 2.43. The summed E-state index contributed by atoms with van der Waals surface area (Å²) >= 11 is 0. The summed E-state index contributed by atoms with van der Waals surface area (Å²) in [6.45, 7) is 7.35. The first kappa shape index (κ1) is 26.2. The second kappa shape index (κ2) is 10.2. The van der Waals surface area contributed by atoms with Gasteiger partial charge < -0.3 is 5.32 Å². The second-order valence-corrected chi connectivity index (χ2v) is 13.5. The van der Waals surface area contributed by atoms with Crippen molar-refractivity contribution in [3.05, 3.63) is 34.3 Å². The number of rotatable bonds is 10. The van der Waals surface area contributed by atoms with Gasteiger partial charge in [-0.3, -0.25) is 9.36 Å². The summed E-state index contributed by atoms with van der Waals surface area (Å²) in [5.74, 6) is 2.06. The minimum atomic E-state index is -3.16. The van der Waals surface area contributed by atoms with E-state index in [-0.39, 0.29) is 23.3 Å². The second-order valence-electron chi connectivity index (χ2n) is 11.2. The van der Waals surface area contributed by atoms with Gasteiger partial charge in [-0.2, -0.15) is 0 Å². The van der Waals surface area contributed by atoms with E-state index in [1.807, 2.05) is 6.92 Å². The van der Waals surface area contributed by atoms with Crippen LogP contribution in [0.25, 0.3) is 22.6 Å². The van der Waals surface area contributed by atoms with Crippen molar-refractivity contribution in [2.75, 3.05) is 30.7 Å². The van der Waals surface area contributed by atoms with Gasteiger partial charge in [-0.1, -0.05) is 0 Å². The summed E-state index contributed by atoms with van der Waals surface area (Å²) in [5, 5.41) is 3.25. The van der Waals surface area contributed by atoms with Crippen LogP contribution in [0.15, 0.2) is 17.3 Å². The average molecular weight is 553 g/mol. The topological polar surface area (TPSA) is 136 Å². The van der Waals surface area contributed by atoms with Gasteiger partial charge >= 0.3 is 0 Å². The highest BCUT2D eigenvalue weighted by molar-refractivity contribution is 7.89. The van der Waals surface area contributed by atoms with Gasteiger partial charge in [0.05, 0.1) is 28.9 Å². The highest BCUT2D eigenvalue weighted by Gasteiger charge is 2.34. The van der Waals surface area contributed by atoms with Gasteiger partial charge in [0, 0.05) is 31.6 Å². The van der Waals surface area contributed by atoms with Gasteiger partial charge in [0.2, 0.25) is 10.0 Å². The summed E-state index contributed by atoms with van der Waals surface area (Å²) in [7, 11) is -3.16. The molecule has 1 aliphatic heterocycles. The standard InChI is InChI=1S/C27H36N8O3S/c1-4-39(37,38)34-12-10-18(14-34)9-11-28-25-27(36)35(17(3)19-5-6-19)26-21(32-25)13-29-24(33-26)22-16(2)30-15-31-23(22)20-7-8-20/h13,15,17-20H,4-12,14H2,1-3H3,(H,28,32)/t17-,18?/m0/s1. The zero-order valence-electron chi connectivity index (χ0n) is 22.8. The van der Waals surface area contributed by atoms with Gasteiger partial charge in [-0.05, 0) is 71.1 Å². The Morgan fingerprint density at radius 3 is 2.62 bits per heavy atom. The van der Waals surface area contributed by atoms with E-state index in [0.717, 1.165) is 55.5 Å². The van der Waals surface area contributed by atoms with E-state index < -0.39 is 10.0 Å². The molecule has 1 N–H and O–H groups in total. The zero-order chi connectivity index (χ0) is 27.3. The molecule has 0 bridgehead atoms. The van der Waals surface area contributed by atoms with Crippen LogP contribution in [0.4, 0.5) is 5.82 Å². The number of aryl methyl sites for hydroxylation is 1. The number of hydrogen-bond donors (Lipinski definition) is 1.